The third kappa shape index (κ3) is 1.78. The Balaban J connectivity index is 2.52. The minimum absolute atomic E-state index is 0.0756. The molecule has 1 aliphatic rings. The summed E-state index contributed by atoms with van der Waals surface area (Å²) in [4.78, 5) is 0.968. The third-order valence-electron chi connectivity index (χ3n) is 3.15. The molecule has 1 aliphatic heterocycles. The third-order valence-corrected chi connectivity index (χ3v) is 6.48. The van der Waals surface area contributed by atoms with E-state index in [9.17, 15) is 12.6 Å². The van der Waals surface area contributed by atoms with Crippen LogP contribution in [0.25, 0.3) is 10.8 Å². The van der Waals surface area contributed by atoms with Crippen LogP contribution < -0.4 is 0 Å². The number of rotatable bonds is 0. The molecule has 0 aromatic heterocycles. The molecule has 0 aliphatic carbocycles. The number of hydrogen-bond acceptors (Lipinski definition) is 3. The lowest BCUT2D eigenvalue weighted by Crippen LogP contribution is -2.14. The van der Waals surface area contributed by atoms with Crippen molar-refractivity contribution in [2.75, 3.05) is 11.5 Å². The Morgan fingerprint density at radius 1 is 1.06 bits per heavy atom. The van der Waals surface area contributed by atoms with Crippen molar-refractivity contribution in [1.29, 1.82) is 0 Å². The molecule has 1 atom stereocenters. The summed E-state index contributed by atoms with van der Waals surface area (Å²) < 4.78 is 36.7. The second-order valence-corrected chi connectivity index (χ2v) is 7.95. The van der Waals surface area contributed by atoms with Crippen LogP contribution in [0.1, 0.15) is 6.42 Å². The van der Waals surface area contributed by atoms with Gasteiger partial charge in [0.15, 0.2) is 9.84 Å². The summed E-state index contributed by atoms with van der Waals surface area (Å²) in [7, 11) is -4.38. The minimum Gasteiger partial charge on any atom is -0.254 e. The Bertz CT molecular complexity index is 743. The van der Waals surface area contributed by atoms with Crippen molar-refractivity contribution in [3.8, 4) is 0 Å². The van der Waals surface area contributed by atoms with Gasteiger partial charge in [0.05, 0.1) is 21.4 Å². The van der Waals surface area contributed by atoms with Crippen LogP contribution >= 0.6 is 0 Å². The zero-order valence-corrected chi connectivity index (χ0v) is 11.3. The van der Waals surface area contributed by atoms with E-state index in [1.165, 1.54) is 0 Å². The predicted octanol–water partition coefficient (Wildman–Crippen LogP) is 2.12. The van der Waals surface area contributed by atoms with Gasteiger partial charge in [-0.15, -0.1) is 0 Å². The molecule has 94 valence electrons. The van der Waals surface area contributed by atoms with Gasteiger partial charge < -0.3 is 0 Å². The van der Waals surface area contributed by atoms with Crippen LogP contribution in [0.2, 0.25) is 0 Å². The van der Waals surface area contributed by atoms with Gasteiger partial charge in [-0.05, 0) is 23.9 Å². The smallest absolute Gasteiger partial charge is 0.179 e. The Morgan fingerprint density at radius 3 is 2.56 bits per heavy atom. The Hall–Kier alpha value is -1.20. The van der Waals surface area contributed by atoms with Crippen LogP contribution in [0.4, 0.5) is 0 Å². The summed E-state index contributed by atoms with van der Waals surface area (Å²) in [6.45, 7) is 0. The quantitative estimate of drug-likeness (QED) is 0.743. The van der Waals surface area contributed by atoms with Gasteiger partial charge in [-0.1, -0.05) is 24.3 Å². The maximum atomic E-state index is 12.2. The van der Waals surface area contributed by atoms with E-state index in [2.05, 4.69) is 0 Å². The second-order valence-electron chi connectivity index (χ2n) is 4.33. The van der Waals surface area contributed by atoms with Crippen LogP contribution in [0.15, 0.2) is 46.2 Å². The van der Waals surface area contributed by atoms with Crippen LogP contribution in [-0.4, -0.2) is 24.1 Å². The first-order valence-corrected chi connectivity index (χ1v) is 8.69. The van der Waals surface area contributed by atoms with E-state index in [0.717, 1.165) is 5.39 Å². The largest absolute Gasteiger partial charge is 0.254 e. The van der Waals surface area contributed by atoms with Crippen molar-refractivity contribution >= 4 is 31.4 Å². The van der Waals surface area contributed by atoms with Crippen molar-refractivity contribution in [2.45, 2.75) is 16.2 Å². The van der Waals surface area contributed by atoms with Crippen molar-refractivity contribution in [2.24, 2.45) is 0 Å². The molecule has 0 saturated heterocycles. The number of benzene rings is 2. The summed E-state index contributed by atoms with van der Waals surface area (Å²) in [6.07, 6.45) is 0.444. The highest BCUT2D eigenvalue weighted by Gasteiger charge is 2.23. The van der Waals surface area contributed by atoms with Crippen molar-refractivity contribution in [1.82, 2.24) is 0 Å². The molecular weight excluding hydrogens is 268 g/mol. The van der Waals surface area contributed by atoms with Gasteiger partial charge in [0.2, 0.25) is 0 Å². The van der Waals surface area contributed by atoms with Gasteiger partial charge >= 0.3 is 0 Å². The van der Waals surface area contributed by atoms with E-state index in [4.69, 9.17) is 0 Å². The predicted molar refractivity (Wildman–Crippen MR) is 71.9 cm³/mol. The molecule has 2 aromatic carbocycles. The van der Waals surface area contributed by atoms with Crippen molar-refractivity contribution in [3.63, 3.8) is 0 Å². The summed E-state index contributed by atoms with van der Waals surface area (Å²) >= 11 is 0. The van der Waals surface area contributed by atoms with Crippen LogP contribution in [0.3, 0.4) is 0 Å². The van der Waals surface area contributed by atoms with Gasteiger partial charge in [-0.3, -0.25) is 4.21 Å². The normalized spacial score (nSPS) is 22.3. The fourth-order valence-electron chi connectivity index (χ4n) is 2.32. The highest BCUT2D eigenvalue weighted by atomic mass is 32.2. The fraction of sp³-hybridized carbons (Fsp3) is 0.231. The lowest BCUT2D eigenvalue weighted by Gasteiger charge is -2.15. The van der Waals surface area contributed by atoms with Gasteiger partial charge in [-0.2, -0.15) is 0 Å². The van der Waals surface area contributed by atoms with E-state index >= 15 is 0 Å². The lowest BCUT2D eigenvalue weighted by atomic mass is 10.1. The molecule has 0 N–H and O–H groups in total. The minimum atomic E-state index is -3.27. The first kappa shape index (κ1) is 11.9. The van der Waals surface area contributed by atoms with Crippen LogP contribution in [0.5, 0.6) is 0 Å². The van der Waals surface area contributed by atoms with Crippen molar-refractivity contribution < 1.29 is 12.6 Å². The van der Waals surface area contributed by atoms with E-state index in [1.807, 2.05) is 18.2 Å². The van der Waals surface area contributed by atoms with Crippen LogP contribution in [0, 0.1) is 0 Å². The first-order chi connectivity index (χ1) is 8.59. The van der Waals surface area contributed by atoms with E-state index < -0.39 is 20.6 Å². The Labute approximate surface area is 108 Å². The highest BCUT2D eigenvalue weighted by Crippen LogP contribution is 2.31. The lowest BCUT2D eigenvalue weighted by molar-refractivity contribution is 0.595. The molecule has 5 heteroatoms. The average molecular weight is 280 g/mol. The molecule has 1 unspecified atom stereocenters. The maximum Gasteiger partial charge on any atom is 0.179 e. The van der Waals surface area contributed by atoms with Crippen LogP contribution in [-0.2, 0) is 20.6 Å². The van der Waals surface area contributed by atoms with Gasteiger partial charge in [0, 0.05) is 16.0 Å². The highest BCUT2D eigenvalue weighted by molar-refractivity contribution is 7.92. The number of sulfone groups is 1. The summed E-state index contributed by atoms with van der Waals surface area (Å²) in [5.41, 5.74) is 0. The molecule has 0 fully saturated rings. The van der Waals surface area contributed by atoms with E-state index in [1.54, 1.807) is 18.2 Å². The molecule has 0 spiro atoms. The van der Waals surface area contributed by atoms with Crippen molar-refractivity contribution in [3.05, 3.63) is 36.4 Å². The van der Waals surface area contributed by atoms with E-state index in [0.29, 0.717) is 27.4 Å². The first-order valence-electron chi connectivity index (χ1n) is 5.72. The molecule has 0 saturated carbocycles. The maximum absolute atomic E-state index is 12.2. The van der Waals surface area contributed by atoms with Gasteiger partial charge in [0.1, 0.15) is 0 Å². The molecule has 0 radical (unpaired) electrons. The molecule has 0 amide bonds. The fourth-order valence-corrected chi connectivity index (χ4v) is 5.45. The molecule has 3 nitrogen and oxygen atoms in total. The molecular formula is C13H12O3S2. The zero-order valence-electron chi connectivity index (χ0n) is 9.63. The number of hydrogen-bond donors (Lipinski definition) is 0. The summed E-state index contributed by atoms with van der Waals surface area (Å²) in [5, 5.41) is 1.47. The molecule has 3 rings (SSSR count). The Kier molecular flexibility index (Phi) is 2.75. The SMILES string of the molecule is O=S1CCCS(=O)(=O)c2cccc3cccc1c23. The van der Waals surface area contributed by atoms with Gasteiger partial charge in [-0.25, -0.2) is 8.42 Å². The van der Waals surface area contributed by atoms with Gasteiger partial charge in [0.25, 0.3) is 0 Å². The topological polar surface area (TPSA) is 51.2 Å². The second kappa shape index (κ2) is 4.17. The summed E-state index contributed by atoms with van der Waals surface area (Å²) in [6, 6.07) is 10.7. The average Bonchev–Trinajstić information content (AvgIpc) is 2.36. The molecule has 1 heterocycles. The summed E-state index contributed by atoms with van der Waals surface area (Å²) in [5.74, 6) is 0.485. The standard InChI is InChI=1S/C13H12O3S2/c14-17-8-3-9-18(15,16)12-7-2-5-10-4-1-6-11(17)13(10)12/h1-2,4-7H,3,8-9H2. The Morgan fingerprint density at radius 2 is 1.78 bits per heavy atom. The molecule has 0 bridgehead atoms. The molecule has 2 aromatic rings. The monoisotopic (exact) mass is 280 g/mol. The molecule has 18 heavy (non-hydrogen) atoms. The van der Waals surface area contributed by atoms with E-state index in [-0.39, 0.29) is 5.75 Å². The zero-order chi connectivity index (χ0) is 12.8.